The first-order valence-electron chi connectivity index (χ1n) is 6.77. The van der Waals surface area contributed by atoms with E-state index in [2.05, 4.69) is 29.8 Å². The normalized spacial score (nSPS) is 23.8. The Morgan fingerprint density at radius 3 is 2.37 bits per heavy atom. The Kier molecular flexibility index (Phi) is 4.81. The monoisotopic (exact) mass is 321 g/mol. The number of benzene rings is 1. The van der Waals surface area contributed by atoms with E-state index in [4.69, 9.17) is 0 Å². The van der Waals surface area contributed by atoms with Gasteiger partial charge >= 0.3 is 0 Å². The molecule has 2 atom stereocenters. The van der Waals surface area contributed by atoms with Crippen LogP contribution in [-0.2, 0) is 4.79 Å². The number of amides is 1. The van der Waals surface area contributed by atoms with Crippen LogP contribution in [0, 0.1) is 11.8 Å². The van der Waals surface area contributed by atoms with E-state index >= 15 is 0 Å². The van der Waals surface area contributed by atoms with Crippen molar-refractivity contribution in [3.8, 4) is 0 Å². The lowest BCUT2D eigenvalue weighted by Crippen LogP contribution is -2.41. The highest BCUT2D eigenvalue weighted by Crippen LogP contribution is 2.21. The van der Waals surface area contributed by atoms with Gasteiger partial charge in [0.2, 0.25) is 5.91 Å². The van der Waals surface area contributed by atoms with E-state index in [9.17, 15) is 4.79 Å². The molecular formula is C16H20BrNO. The summed E-state index contributed by atoms with van der Waals surface area (Å²) in [5.41, 5.74) is 1.05. The van der Waals surface area contributed by atoms with Crippen LogP contribution < -0.4 is 0 Å². The molecule has 2 unspecified atom stereocenters. The zero-order valence-electron chi connectivity index (χ0n) is 11.5. The highest BCUT2D eigenvalue weighted by molar-refractivity contribution is 9.10. The second-order valence-electron chi connectivity index (χ2n) is 5.57. The molecule has 19 heavy (non-hydrogen) atoms. The predicted octanol–water partition coefficient (Wildman–Crippen LogP) is 3.97. The van der Waals surface area contributed by atoms with Crippen molar-refractivity contribution >= 4 is 27.9 Å². The number of likely N-dealkylation sites (tertiary alicyclic amines) is 1. The minimum Gasteiger partial charge on any atom is -0.339 e. The Hall–Kier alpha value is -1.09. The second-order valence-corrected chi connectivity index (χ2v) is 6.49. The Balaban J connectivity index is 1.98. The molecule has 0 spiro atoms. The summed E-state index contributed by atoms with van der Waals surface area (Å²) in [5.74, 6) is 1.34. The third-order valence-electron chi connectivity index (χ3n) is 3.47. The van der Waals surface area contributed by atoms with Gasteiger partial charge in [0.25, 0.3) is 0 Å². The van der Waals surface area contributed by atoms with Crippen molar-refractivity contribution in [2.75, 3.05) is 13.1 Å². The van der Waals surface area contributed by atoms with Gasteiger partial charge in [0.1, 0.15) is 0 Å². The number of piperidine rings is 1. The van der Waals surface area contributed by atoms with Gasteiger partial charge < -0.3 is 4.90 Å². The topological polar surface area (TPSA) is 20.3 Å². The van der Waals surface area contributed by atoms with Crippen molar-refractivity contribution in [2.24, 2.45) is 11.8 Å². The van der Waals surface area contributed by atoms with Gasteiger partial charge in [0, 0.05) is 23.6 Å². The highest BCUT2D eigenvalue weighted by Gasteiger charge is 2.23. The fourth-order valence-corrected chi connectivity index (χ4v) is 2.95. The molecule has 1 saturated heterocycles. The average molecular weight is 322 g/mol. The summed E-state index contributed by atoms with van der Waals surface area (Å²) in [4.78, 5) is 14.1. The van der Waals surface area contributed by atoms with Crippen molar-refractivity contribution in [1.82, 2.24) is 4.90 Å². The lowest BCUT2D eigenvalue weighted by atomic mass is 9.92. The standard InChI is InChI=1S/C16H20BrNO/c1-12-9-13(2)11-18(10-12)16(19)8-5-14-3-6-15(17)7-4-14/h3-8,12-13H,9-11H2,1-2H3. The molecule has 102 valence electrons. The van der Waals surface area contributed by atoms with Crippen LogP contribution in [-0.4, -0.2) is 23.9 Å². The van der Waals surface area contributed by atoms with E-state index < -0.39 is 0 Å². The van der Waals surface area contributed by atoms with Crippen LogP contribution >= 0.6 is 15.9 Å². The quantitative estimate of drug-likeness (QED) is 0.755. The molecule has 0 bridgehead atoms. The minimum absolute atomic E-state index is 0.126. The zero-order chi connectivity index (χ0) is 13.8. The van der Waals surface area contributed by atoms with Crippen molar-refractivity contribution < 1.29 is 4.79 Å². The van der Waals surface area contributed by atoms with Gasteiger partial charge in [-0.05, 0) is 42.0 Å². The number of rotatable bonds is 2. The van der Waals surface area contributed by atoms with Crippen LogP contribution in [0.4, 0.5) is 0 Å². The molecule has 3 heteroatoms. The van der Waals surface area contributed by atoms with Crippen molar-refractivity contribution in [2.45, 2.75) is 20.3 Å². The minimum atomic E-state index is 0.126. The van der Waals surface area contributed by atoms with Crippen LogP contribution in [0.3, 0.4) is 0 Å². The highest BCUT2D eigenvalue weighted by atomic mass is 79.9. The summed E-state index contributed by atoms with van der Waals surface area (Å²) < 4.78 is 1.05. The maximum absolute atomic E-state index is 12.2. The number of carbonyl (C=O) groups excluding carboxylic acids is 1. The van der Waals surface area contributed by atoms with E-state index in [1.54, 1.807) is 6.08 Å². The number of nitrogens with zero attached hydrogens (tertiary/aromatic N) is 1. The number of hydrogen-bond acceptors (Lipinski definition) is 1. The van der Waals surface area contributed by atoms with Gasteiger partial charge in [-0.1, -0.05) is 41.9 Å². The SMILES string of the molecule is CC1CC(C)CN(C(=O)C=Cc2ccc(Br)cc2)C1. The van der Waals surface area contributed by atoms with Crippen molar-refractivity contribution in [1.29, 1.82) is 0 Å². The Morgan fingerprint density at radius 2 is 1.79 bits per heavy atom. The van der Waals surface area contributed by atoms with Gasteiger partial charge in [0.05, 0.1) is 0 Å². The van der Waals surface area contributed by atoms with Crippen LogP contribution in [0.15, 0.2) is 34.8 Å². The molecule has 0 N–H and O–H groups in total. The van der Waals surface area contributed by atoms with E-state index in [0.29, 0.717) is 11.8 Å². The van der Waals surface area contributed by atoms with Gasteiger partial charge in [-0.3, -0.25) is 4.79 Å². The molecule has 1 aliphatic heterocycles. The molecular weight excluding hydrogens is 302 g/mol. The number of halogens is 1. The molecule has 2 rings (SSSR count). The molecule has 0 radical (unpaired) electrons. The number of carbonyl (C=O) groups is 1. The Morgan fingerprint density at radius 1 is 1.21 bits per heavy atom. The Labute approximate surface area is 123 Å². The summed E-state index contributed by atoms with van der Waals surface area (Å²) >= 11 is 3.40. The summed E-state index contributed by atoms with van der Waals surface area (Å²) in [6.45, 7) is 6.20. The second kappa shape index (κ2) is 6.38. The van der Waals surface area contributed by atoms with E-state index in [1.165, 1.54) is 6.42 Å². The van der Waals surface area contributed by atoms with Crippen molar-refractivity contribution in [3.05, 3.63) is 40.4 Å². The van der Waals surface area contributed by atoms with E-state index in [-0.39, 0.29) is 5.91 Å². The molecule has 0 saturated carbocycles. The smallest absolute Gasteiger partial charge is 0.246 e. The van der Waals surface area contributed by atoms with Crippen molar-refractivity contribution in [3.63, 3.8) is 0 Å². The molecule has 1 heterocycles. The van der Waals surface area contributed by atoms with Crippen LogP contribution in [0.5, 0.6) is 0 Å². The summed E-state index contributed by atoms with van der Waals surface area (Å²) in [6.07, 6.45) is 4.80. The first-order chi connectivity index (χ1) is 9.04. The fraction of sp³-hybridized carbons (Fsp3) is 0.438. The molecule has 0 aromatic heterocycles. The molecule has 1 amide bonds. The maximum Gasteiger partial charge on any atom is 0.246 e. The van der Waals surface area contributed by atoms with E-state index in [1.807, 2.05) is 35.2 Å². The lowest BCUT2D eigenvalue weighted by molar-refractivity contribution is -0.128. The first kappa shape index (κ1) is 14.3. The van der Waals surface area contributed by atoms with Gasteiger partial charge in [0.15, 0.2) is 0 Å². The van der Waals surface area contributed by atoms with Gasteiger partial charge in [-0.2, -0.15) is 0 Å². The lowest BCUT2D eigenvalue weighted by Gasteiger charge is -2.34. The average Bonchev–Trinajstić information content (AvgIpc) is 2.36. The Bertz CT molecular complexity index is 456. The summed E-state index contributed by atoms with van der Waals surface area (Å²) in [7, 11) is 0. The summed E-state index contributed by atoms with van der Waals surface area (Å²) in [5, 5.41) is 0. The first-order valence-corrected chi connectivity index (χ1v) is 7.56. The van der Waals surface area contributed by atoms with Gasteiger partial charge in [-0.25, -0.2) is 0 Å². The van der Waals surface area contributed by atoms with Crippen LogP contribution in [0.25, 0.3) is 6.08 Å². The largest absolute Gasteiger partial charge is 0.339 e. The van der Waals surface area contributed by atoms with Crippen LogP contribution in [0.2, 0.25) is 0 Å². The third kappa shape index (κ3) is 4.20. The molecule has 2 nitrogen and oxygen atoms in total. The third-order valence-corrected chi connectivity index (χ3v) is 4.00. The van der Waals surface area contributed by atoms with Crippen LogP contribution in [0.1, 0.15) is 25.8 Å². The predicted molar refractivity (Wildman–Crippen MR) is 82.7 cm³/mol. The van der Waals surface area contributed by atoms with E-state index in [0.717, 1.165) is 23.1 Å². The fourth-order valence-electron chi connectivity index (χ4n) is 2.69. The molecule has 1 aliphatic rings. The molecule has 1 aromatic rings. The molecule has 0 aliphatic carbocycles. The summed E-state index contributed by atoms with van der Waals surface area (Å²) in [6, 6.07) is 7.95. The molecule has 1 aromatic carbocycles. The van der Waals surface area contributed by atoms with Gasteiger partial charge in [-0.15, -0.1) is 0 Å². The maximum atomic E-state index is 12.2. The number of hydrogen-bond donors (Lipinski definition) is 0. The molecule has 1 fully saturated rings. The zero-order valence-corrected chi connectivity index (χ0v) is 13.1.